The van der Waals surface area contributed by atoms with Crippen LogP contribution in [0.1, 0.15) is 40.9 Å². The van der Waals surface area contributed by atoms with Crippen LogP contribution in [0.4, 0.5) is 5.69 Å². The molecule has 2 aromatic rings. The first kappa shape index (κ1) is 20.1. The Morgan fingerprint density at radius 2 is 1.66 bits per heavy atom. The van der Waals surface area contributed by atoms with Gasteiger partial charge in [0.15, 0.2) is 0 Å². The molecular formula is C23H29N3O2S. The van der Waals surface area contributed by atoms with Gasteiger partial charge in [-0.25, -0.2) is 0 Å². The van der Waals surface area contributed by atoms with Crippen molar-refractivity contribution in [2.75, 3.05) is 31.5 Å². The van der Waals surface area contributed by atoms with Crippen LogP contribution in [0.2, 0.25) is 0 Å². The molecular weight excluding hydrogens is 382 g/mol. The Hall–Kier alpha value is -2.18. The number of aryl methyl sites for hydroxylation is 1. The van der Waals surface area contributed by atoms with Crippen molar-refractivity contribution in [1.82, 2.24) is 9.80 Å². The molecule has 1 N–H and O–H groups in total. The van der Waals surface area contributed by atoms with Crippen LogP contribution >= 0.6 is 11.3 Å². The zero-order valence-electron chi connectivity index (χ0n) is 17.0. The largest absolute Gasteiger partial charge is 0.338 e. The number of benzene rings is 1. The molecule has 1 aromatic heterocycles. The predicted octanol–water partition coefficient (Wildman–Crippen LogP) is 4.01. The van der Waals surface area contributed by atoms with Crippen LogP contribution in [0.15, 0.2) is 41.8 Å². The van der Waals surface area contributed by atoms with Crippen LogP contribution < -0.4 is 5.32 Å². The van der Waals surface area contributed by atoms with Gasteiger partial charge < -0.3 is 15.1 Å². The van der Waals surface area contributed by atoms with Crippen LogP contribution in [0, 0.1) is 12.8 Å². The minimum Gasteiger partial charge on any atom is -0.338 e. The number of amides is 2. The number of anilines is 1. The number of likely N-dealkylation sites (tertiary alicyclic amines) is 2. The van der Waals surface area contributed by atoms with Crippen molar-refractivity contribution in [3.05, 3.63) is 52.2 Å². The fourth-order valence-corrected chi connectivity index (χ4v) is 5.09. The maximum atomic E-state index is 12.6. The molecule has 154 valence electrons. The lowest BCUT2D eigenvalue weighted by atomic mass is 9.92. The minimum absolute atomic E-state index is 0.0908. The number of nitrogens with zero attached hydrogens (tertiary/aromatic N) is 2. The lowest BCUT2D eigenvalue weighted by molar-refractivity contribution is -0.121. The number of carbonyl (C=O) groups excluding carboxylic acids is 2. The minimum atomic E-state index is 0.0908. The number of piperidine rings is 2. The quantitative estimate of drug-likeness (QED) is 0.827. The van der Waals surface area contributed by atoms with E-state index in [1.165, 1.54) is 16.9 Å². The van der Waals surface area contributed by atoms with Crippen LogP contribution in [0.25, 0.3) is 0 Å². The molecule has 0 bridgehead atoms. The number of thiophene rings is 1. The highest BCUT2D eigenvalue weighted by Crippen LogP contribution is 2.26. The van der Waals surface area contributed by atoms with Crippen molar-refractivity contribution in [2.24, 2.45) is 5.92 Å². The first-order chi connectivity index (χ1) is 14.1. The summed E-state index contributed by atoms with van der Waals surface area (Å²) in [5.41, 5.74) is 2.07. The van der Waals surface area contributed by atoms with Gasteiger partial charge in [-0.3, -0.25) is 9.59 Å². The van der Waals surface area contributed by atoms with E-state index in [1.54, 1.807) is 0 Å². The molecule has 3 heterocycles. The van der Waals surface area contributed by atoms with E-state index in [2.05, 4.69) is 10.2 Å². The van der Waals surface area contributed by atoms with Gasteiger partial charge in [-0.2, -0.15) is 0 Å². The number of hydrogen-bond acceptors (Lipinski definition) is 4. The molecule has 4 rings (SSSR count). The van der Waals surface area contributed by atoms with Gasteiger partial charge in [-0.1, -0.05) is 23.8 Å². The van der Waals surface area contributed by atoms with Crippen molar-refractivity contribution >= 4 is 28.8 Å². The average molecular weight is 412 g/mol. The molecule has 0 radical (unpaired) electrons. The van der Waals surface area contributed by atoms with Gasteiger partial charge in [-0.15, -0.1) is 11.3 Å². The van der Waals surface area contributed by atoms with Crippen molar-refractivity contribution in [2.45, 2.75) is 38.6 Å². The molecule has 2 fully saturated rings. The van der Waals surface area contributed by atoms with Gasteiger partial charge >= 0.3 is 0 Å². The number of rotatable bonds is 4. The first-order valence-corrected chi connectivity index (χ1v) is 11.4. The highest BCUT2D eigenvalue weighted by molar-refractivity contribution is 7.12. The van der Waals surface area contributed by atoms with E-state index in [-0.39, 0.29) is 17.7 Å². The molecule has 5 nitrogen and oxygen atoms in total. The van der Waals surface area contributed by atoms with E-state index >= 15 is 0 Å². The van der Waals surface area contributed by atoms with Gasteiger partial charge in [0.1, 0.15) is 0 Å². The molecule has 29 heavy (non-hydrogen) atoms. The molecule has 0 aliphatic carbocycles. The lowest BCUT2D eigenvalue weighted by Crippen LogP contribution is -2.49. The topological polar surface area (TPSA) is 52.7 Å². The lowest BCUT2D eigenvalue weighted by Gasteiger charge is -2.41. The third-order valence-electron chi connectivity index (χ3n) is 6.22. The Bertz CT molecular complexity index is 818. The SMILES string of the molecule is Cc1ccc(NC(=O)C2CCN(C3CCN(C(=O)c4cccs4)CC3)CC2)cc1. The smallest absolute Gasteiger partial charge is 0.263 e. The Morgan fingerprint density at radius 1 is 0.966 bits per heavy atom. The Labute approximate surface area is 176 Å². The Balaban J connectivity index is 1.22. The third-order valence-corrected chi connectivity index (χ3v) is 7.08. The van der Waals surface area contributed by atoms with E-state index in [0.717, 1.165) is 62.4 Å². The molecule has 0 unspecified atom stereocenters. The molecule has 0 atom stereocenters. The van der Waals surface area contributed by atoms with Gasteiger partial charge in [0.25, 0.3) is 5.91 Å². The highest BCUT2D eigenvalue weighted by atomic mass is 32.1. The number of hydrogen-bond donors (Lipinski definition) is 1. The standard InChI is InChI=1S/C23H29N3O2S/c1-17-4-6-19(7-5-17)24-22(27)18-8-12-25(13-9-18)20-10-14-26(15-11-20)23(28)21-3-2-16-29-21/h2-7,16,18,20H,8-15H2,1H3,(H,24,27). The Kier molecular flexibility index (Phi) is 6.31. The second-order valence-electron chi connectivity index (χ2n) is 8.17. The van der Waals surface area contributed by atoms with E-state index in [4.69, 9.17) is 0 Å². The Morgan fingerprint density at radius 3 is 2.28 bits per heavy atom. The average Bonchev–Trinajstić information content (AvgIpc) is 3.30. The summed E-state index contributed by atoms with van der Waals surface area (Å²) in [6, 6.07) is 12.3. The zero-order valence-corrected chi connectivity index (χ0v) is 17.8. The predicted molar refractivity (Wildman–Crippen MR) is 117 cm³/mol. The van der Waals surface area contributed by atoms with E-state index in [9.17, 15) is 9.59 Å². The highest BCUT2D eigenvalue weighted by Gasteiger charge is 2.32. The molecule has 0 saturated carbocycles. The van der Waals surface area contributed by atoms with Gasteiger partial charge in [0.2, 0.25) is 5.91 Å². The van der Waals surface area contributed by atoms with Crippen molar-refractivity contribution < 1.29 is 9.59 Å². The summed E-state index contributed by atoms with van der Waals surface area (Å²) in [6.07, 6.45) is 3.87. The summed E-state index contributed by atoms with van der Waals surface area (Å²) < 4.78 is 0. The fraction of sp³-hybridized carbons (Fsp3) is 0.478. The molecule has 0 spiro atoms. The summed E-state index contributed by atoms with van der Waals surface area (Å²) in [6.45, 7) is 5.64. The zero-order chi connectivity index (χ0) is 20.2. The molecule has 6 heteroatoms. The van der Waals surface area contributed by atoms with Crippen molar-refractivity contribution in [3.63, 3.8) is 0 Å². The second kappa shape index (κ2) is 9.09. The number of nitrogens with one attached hydrogen (secondary N) is 1. The van der Waals surface area contributed by atoms with E-state index < -0.39 is 0 Å². The van der Waals surface area contributed by atoms with Crippen LogP contribution in [-0.2, 0) is 4.79 Å². The van der Waals surface area contributed by atoms with Gasteiger partial charge in [-0.05, 0) is 69.3 Å². The summed E-state index contributed by atoms with van der Waals surface area (Å²) in [7, 11) is 0. The maximum absolute atomic E-state index is 12.6. The van der Waals surface area contributed by atoms with E-state index in [0.29, 0.717) is 6.04 Å². The van der Waals surface area contributed by atoms with E-state index in [1.807, 2.05) is 53.6 Å². The summed E-state index contributed by atoms with van der Waals surface area (Å²) >= 11 is 1.52. The molecule has 2 amide bonds. The number of carbonyl (C=O) groups is 2. The van der Waals surface area contributed by atoms with Gasteiger partial charge in [0.05, 0.1) is 4.88 Å². The van der Waals surface area contributed by atoms with Crippen molar-refractivity contribution in [1.29, 1.82) is 0 Å². The third kappa shape index (κ3) is 4.87. The molecule has 2 aliphatic rings. The molecule has 2 saturated heterocycles. The monoisotopic (exact) mass is 411 g/mol. The second-order valence-corrected chi connectivity index (χ2v) is 9.11. The van der Waals surface area contributed by atoms with Crippen molar-refractivity contribution in [3.8, 4) is 0 Å². The summed E-state index contributed by atoms with van der Waals surface area (Å²) in [5, 5.41) is 5.02. The van der Waals surface area contributed by atoms with Crippen LogP contribution in [0.5, 0.6) is 0 Å². The van der Waals surface area contributed by atoms with Crippen LogP contribution in [-0.4, -0.2) is 53.8 Å². The maximum Gasteiger partial charge on any atom is 0.263 e. The normalized spacial score (nSPS) is 19.3. The molecule has 1 aromatic carbocycles. The van der Waals surface area contributed by atoms with Gasteiger partial charge in [0, 0.05) is 30.7 Å². The fourth-order valence-electron chi connectivity index (χ4n) is 4.40. The summed E-state index contributed by atoms with van der Waals surface area (Å²) in [4.78, 5) is 30.5. The molecule has 2 aliphatic heterocycles. The summed E-state index contributed by atoms with van der Waals surface area (Å²) in [5.74, 6) is 0.405. The van der Waals surface area contributed by atoms with Crippen LogP contribution in [0.3, 0.4) is 0 Å². The first-order valence-electron chi connectivity index (χ1n) is 10.5.